The van der Waals surface area contributed by atoms with Crippen LogP contribution in [0.2, 0.25) is 0 Å². The van der Waals surface area contributed by atoms with Crippen LogP contribution in [0, 0.1) is 11.6 Å². The normalized spacial score (nSPS) is 18.7. The number of halogens is 2. The topological polar surface area (TPSA) is 63.7 Å². The zero-order chi connectivity index (χ0) is 18.9. The van der Waals surface area contributed by atoms with Crippen LogP contribution in [0.25, 0.3) is 0 Å². The number of pyridine rings is 1. The SMILES string of the molecule is O=C(Nc1ccc(F)c(F)c1)c1ccc(N2CCC3(CC2)OCCO3)cn1. The second-order valence-electron chi connectivity index (χ2n) is 6.58. The van der Waals surface area contributed by atoms with E-state index in [-0.39, 0.29) is 11.4 Å². The van der Waals surface area contributed by atoms with Gasteiger partial charge in [0.25, 0.3) is 5.91 Å². The number of anilines is 2. The van der Waals surface area contributed by atoms with Gasteiger partial charge in [0.2, 0.25) is 0 Å². The molecule has 0 radical (unpaired) electrons. The average Bonchev–Trinajstić information content (AvgIpc) is 3.13. The summed E-state index contributed by atoms with van der Waals surface area (Å²) in [6.45, 7) is 2.84. The number of amides is 1. The summed E-state index contributed by atoms with van der Waals surface area (Å²) in [5, 5.41) is 2.50. The molecular weight excluding hydrogens is 356 g/mol. The van der Waals surface area contributed by atoms with Gasteiger partial charge < -0.3 is 19.7 Å². The summed E-state index contributed by atoms with van der Waals surface area (Å²) in [7, 11) is 0. The Kier molecular flexibility index (Phi) is 4.75. The van der Waals surface area contributed by atoms with Crippen molar-refractivity contribution in [3.8, 4) is 0 Å². The van der Waals surface area contributed by atoms with E-state index in [1.165, 1.54) is 6.07 Å². The minimum Gasteiger partial charge on any atom is -0.370 e. The molecule has 0 atom stereocenters. The molecule has 2 fully saturated rings. The number of carbonyl (C=O) groups is 1. The van der Waals surface area contributed by atoms with Crippen LogP contribution in [0.3, 0.4) is 0 Å². The van der Waals surface area contributed by atoms with Crippen LogP contribution < -0.4 is 10.2 Å². The van der Waals surface area contributed by atoms with Crippen LogP contribution in [-0.4, -0.2) is 43.0 Å². The third-order valence-corrected chi connectivity index (χ3v) is 4.86. The molecule has 1 N–H and O–H groups in total. The van der Waals surface area contributed by atoms with E-state index in [1.54, 1.807) is 12.3 Å². The van der Waals surface area contributed by atoms with E-state index in [1.807, 2.05) is 6.07 Å². The second kappa shape index (κ2) is 7.21. The smallest absolute Gasteiger partial charge is 0.274 e. The van der Waals surface area contributed by atoms with Crippen LogP contribution in [-0.2, 0) is 9.47 Å². The molecule has 0 unspecified atom stereocenters. The maximum atomic E-state index is 13.2. The Hall–Kier alpha value is -2.58. The molecule has 1 amide bonds. The highest BCUT2D eigenvalue weighted by molar-refractivity contribution is 6.02. The van der Waals surface area contributed by atoms with E-state index in [0.717, 1.165) is 43.8 Å². The number of aromatic nitrogens is 1. The molecule has 3 heterocycles. The van der Waals surface area contributed by atoms with Crippen molar-refractivity contribution in [1.29, 1.82) is 0 Å². The fourth-order valence-corrected chi connectivity index (χ4v) is 3.37. The Bertz CT molecular complexity index is 829. The number of hydrogen-bond acceptors (Lipinski definition) is 5. The predicted molar refractivity (Wildman–Crippen MR) is 94.6 cm³/mol. The third-order valence-electron chi connectivity index (χ3n) is 4.86. The second-order valence-corrected chi connectivity index (χ2v) is 6.58. The highest BCUT2D eigenvalue weighted by atomic mass is 19.2. The van der Waals surface area contributed by atoms with Crippen molar-refractivity contribution >= 4 is 17.3 Å². The Morgan fingerprint density at radius 1 is 1.07 bits per heavy atom. The van der Waals surface area contributed by atoms with E-state index < -0.39 is 23.3 Å². The Morgan fingerprint density at radius 2 is 1.81 bits per heavy atom. The lowest BCUT2D eigenvalue weighted by molar-refractivity contribution is -0.169. The summed E-state index contributed by atoms with van der Waals surface area (Å²) in [5.41, 5.74) is 1.27. The number of rotatable bonds is 3. The zero-order valence-corrected chi connectivity index (χ0v) is 14.6. The first-order valence-corrected chi connectivity index (χ1v) is 8.80. The fraction of sp³-hybridized carbons (Fsp3) is 0.368. The monoisotopic (exact) mass is 375 g/mol. The van der Waals surface area contributed by atoms with Gasteiger partial charge in [0.15, 0.2) is 17.4 Å². The first-order chi connectivity index (χ1) is 13.0. The molecule has 1 spiro atoms. The van der Waals surface area contributed by atoms with Crippen LogP contribution in [0.5, 0.6) is 0 Å². The van der Waals surface area contributed by atoms with Gasteiger partial charge in [-0.25, -0.2) is 13.8 Å². The maximum Gasteiger partial charge on any atom is 0.274 e. The van der Waals surface area contributed by atoms with Gasteiger partial charge >= 0.3 is 0 Å². The lowest BCUT2D eigenvalue weighted by Gasteiger charge is -2.38. The summed E-state index contributed by atoms with van der Waals surface area (Å²) >= 11 is 0. The molecule has 6 nitrogen and oxygen atoms in total. The molecule has 2 aromatic rings. The van der Waals surface area contributed by atoms with E-state index in [9.17, 15) is 13.6 Å². The van der Waals surface area contributed by atoms with Gasteiger partial charge in [-0.3, -0.25) is 4.79 Å². The molecule has 1 aromatic carbocycles. The molecule has 27 heavy (non-hydrogen) atoms. The van der Waals surface area contributed by atoms with Crippen LogP contribution in [0.4, 0.5) is 20.2 Å². The highest BCUT2D eigenvalue weighted by Gasteiger charge is 2.39. The molecule has 0 bridgehead atoms. The fourth-order valence-electron chi connectivity index (χ4n) is 3.37. The molecular formula is C19H19F2N3O3. The summed E-state index contributed by atoms with van der Waals surface area (Å²) < 4.78 is 37.6. The third kappa shape index (κ3) is 3.77. The van der Waals surface area contributed by atoms with Crippen molar-refractivity contribution in [3.63, 3.8) is 0 Å². The summed E-state index contributed by atoms with van der Waals surface area (Å²) in [6.07, 6.45) is 3.20. The average molecular weight is 375 g/mol. The molecule has 0 saturated carbocycles. The van der Waals surface area contributed by atoms with Crippen LogP contribution in [0.15, 0.2) is 36.5 Å². The standard InChI is InChI=1S/C19H19F2N3O3/c20-15-3-1-13(11-16(15)21)23-18(25)17-4-2-14(12-22-17)24-7-5-19(6-8-24)26-9-10-27-19/h1-4,11-12H,5-10H2,(H,23,25). The molecule has 142 valence electrons. The number of nitrogens with zero attached hydrogens (tertiary/aromatic N) is 2. The Morgan fingerprint density at radius 3 is 2.44 bits per heavy atom. The van der Waals surface area contributed by atoms with Gasteiger partial charge in [-0.15, -0.1) is 0 Å². The van der Waals surface area contributed by atoms with E-state index in [0.29, 0.717) is 13.2 Å². The van der Waals surface area contributed by atoms with Crippen molar-refractivity contribution in [1.82, 2.24) is 4.98 Å². The minimum atomic E-state index is -1.02. The molecule has 2 saturated heterocycles. The van der Waals surface area contributed by atoms with Crippen LogP contribution >= 0.6 is 0 Å². The van der Waals surface area contributed by atoms with Gasteiger partial charge in [0.1, 0.15) is 5.69 Å². The van der Waals surface area contributed by atoms with Crippen molar-refractivity contribution < 1.29 is 23.0 Å². The van der Waals surface area contributed by atoms with E-state index in [4.69, 9.17) is 9.47 Å². The van der Waals surface area contributed by atoms with Gasteiger partial charge in [-0.2, -0.15) is 0 Å². The molecule has 2 aliphatic heterocycles. The number of ether oxygens (including phenoxy) is 2. The molecule has 4 rings (SSSR count). The molecule has 8 heteroatoms. The number of benzene rings is 1. The first-order valence-electron chi connectivity index (χ1n) is 8.80. The maximum absolute atomic E-state index is 13.2. The lowest BCUT2D eigenvalue weighted by atomic mass is 10.0. The molecule has 2 aliphatic rings. The van der Waals surface area contributed by atoms with E-state index >= 15 is 0 Å². The van der Waals surface area contributed by atoms with Crippen molar-refractivity contribution in [2.75, 3.05) is 36.5 Å². The van der Waals surface area contributed by atoms with Gasteiger partial charge in [-0.05, 0) is 24.3 Å². The predicted octanol–water partition coefficient (Wildman–Crippen LogP) is 2.96. The summed E-state index contributed by atoms with van der Waals surface area (Å²) in [6, 6.07) is 6.61. The molecule has 0 aliphatic carbocycles. The van der Waals surface area contributed by atoms with Gasteiger partial charge in [-0.1, -0.05) is 0 Å². The van der Waals surface area contributed by atoms with E-state index in [2.05, 4.69) is 15.2 Å². The summed E-state index contributed by atoms with van der Waals surface area (Å²) in [5.74, 6) is -2.91. The van der Waals surface area contributed by atoms with Gasteiger partial charge in [0, 0.05) is 37.7 Å². The first kappa shape index (κ1) is 17.8. The summed E-state index contributed by atoms with van der Waals surface area (Å²) in [4.78, 5) is 18.6. The highest BCUT2D eigenvalue weighted by Crippen LogP contribution is 2.33. The van der Waals surface area contributed by atoms with Crippen molar-refractivity contribution in [2.45, 2.75) is 18.6 Å². The number of carbonyl (C=O) groups excluding carboxylic acids is 1. The number of piperidine rings is 1. The Balaban J connectivity index is 1.38. The van der Waals surface area contributed by atoms with Gasteiger partial charge in [0.05, 0.1) is 25.1 Å². The quantitative estimate of drug-likeness (QED) is 0.894. The zero-order valence-electron chi connectivity index (χ0n) is 14.6. The minimum absolute atomic E-state index is 0.169. The van der Waals surface area contributed by atoms with Crippen LogP contribution in [0.1, 0.15) is 23.3 Å². The largest absolute Gasteiger partial charge is 0.370 e. The Labute approximate surface area is 155 Å². The number of nitrogens with one attached hydrogen (secondary N) is 1. The lowest BCUT2D eigenvalue weighted by Crippen LogP contribution is -2.45. The van der Waals surface area contributed by atoms with Crippen molar-refractivity contribution in [2.24, 2.45) is 0 Å². The molecule has 1 aromatic heterocycles. The van der Waals surface area contributed by atoms with Crippen molar-refractivity contribution in [3.05, 3.63) is 53.9 Å². The number of hydrogen-bond donors (Lipinski definition) is 1.